The van der Waals surface area contributed by atoms with E-state index in [-0.39, 0.29) is 17.4 Å². The van der Waals surface area contributed by atoms with Gasteiger partial charge in [-0.25, -0.2) is 0 Å². The summed E-state index contributed by atoms with van der Waals surface area (Å²) in [7, 11) is 0. The Balaban J connectivity index is 1.32. The van der Waals surface area contributed by atoms with Crippen LogP contribution in [0.5, 0.6) is 11.5 Å². The molecular formula is C34H36N2O6. The van der Waals surface area contributed by atoms with Crippen molar-refractivity contribution in [3.63, 3.8) is 0 Å². The first kappa shape index (κ1) is 28.0. The Morgan fingerprint density at radius 2 is 1.79 bits per heavy atom. The molecule has 0 unspecified atom stereocenters. The number of ether oxygens (including phenoxy) is 3. The van der Waals surface area contributed by atoms with Crippen LogP contribution in [0.4, 0.5) is 0 Å². The first-order valence-electron chi connectivity index (χ1n) is 14.6. The fraction of sp³-hybridized carbons (Fsp3) is 0.353. The molecule has 0 aromatic heterocycles. The maximum atomic E-state index is 13.6. The SMILES string of the molecule is C[C@@H]1Cc2cc(C(O)=C3C(=O)C(=O)N(CCCN4CCOCC4)[C@H]3c3cccc(OCc4ccccc4)c3)ccc2O1. The second-order valence-electron chi connectivity index (χ2n) is 11.1. The predicted molar refractivity (Wildman–Crippen MR) is 158 cm³/mol. The lowest BCUT2D eigenvalue weighted by Crippen LogP contribution is -2.38. The van der Waals surface area contributed by atoms with Gasteiger partial charge in [-0.1, -0.05) is 42.5 Å². The second kappa shape index (κ2) is 12.4. The van der Waals surface area contributed by atoms with E-state index in [0.29, 0.717) is 49.7 Å². The lowest BCUT2D eigenvalue weighted by Gasteiger charge is -2.29. The van der Waals surface area contributed by atoms with Crippen LogP contribution >= 0.6 is 0 Å². The number of likely N-dealkylation sites (tertiary alicyclic amines) is 1. The van der Waals surface area contributed by atoms with Crippen molar-refractivity contribution in [3.8, 4) is 11.5 Å². The molecule has 3 aromatic carbocycles. The second-order valence-corrected chi connectivity index (χ2v) is 11.1. The van der Waals surface area contributed by atoms with Crippen LogP contribution in [-0.4, -0.2) is 72.1 Å². The van der Waals surface area contributed by atoms with Crippen LogP contribution in [0.25, 0.3) is 5.76 Å². The van der Waals surface area contributed by atoms with Gasteiger partial charge in [0.25, 0.3) is 11.7 Å². The summed E-state index contributed by atoms with van der Waals surface area (Å²) in [6, 6.07) is 22.0. The molecule has 42 heavy (non-hydrogen) atoms. The molecule has 3 aliphatic heterocycles. The van der Waals surface area contributed by atoms with Gasteiger partial charge in [-0.15, -0.1) is 0 Å². The van der Waals surface area contributed by atoms with Gasteiger partial charge in [-0.2, -0.15) is 0 Å². The third kappa shape index (κ3) is 5.91. The monoisotopic (exact) mass is 568 g/mol. The summed E-state index contributed by atoms with van der Waals surface area (Å²) in [5.41, 5.74) is 3.31. The van der Waals surface area contributed by atoms with Crippen LogP contribution in [0.3, 0.4) is 0 Å². The minimum Gasteiger partial charge on any atom is -0.507 e. The number of amides is 1. The molecular weight excluding hydrogens is 532 g/mol. The lowest BCUT2D eigenvalue weighted by molar-refractivity contribution is -0.140. The maximum Gasteiger partial charge on any atom is 0.295 e. The summed E-state index contributed by atoms with van der Waals surface area (Å²) in [6.07, 6.45) is 1.46. The molecule has 8 nitrogen and oxygen atoms in total. The Morgan fingerprint density at radius 3 is 2.60 bits per heavy atom. The van der Waals surface area contributed by atoms with E-state index in [1.807, 2.05) is 73.7 Å². The maximum absolute atomic E-state index is 13.6. The lowest BCUT2D eigenvalue weighted by atomic mass is 9.94. The zero-order valence-electron chi connectivity index (χ0n) is 23.8. The zero-order valence-corrected chi connectivity index (χ0v) is 23.8. The number of ketones is 1. The number of hydrogen-bond acceptors (Lipinski definition) is 7. The first-order chi connectivity index (χ1) is 20.5. The van der Waals surface area contributed by atoms with Crippen LogP contribution < -0.4 is 9.47 Å². The number of carbonyl (C=O) groups excluding carboxylic acids is 2. The normalized spacial score (nSPS) is 21.8. The molecule has 2 fully saturated rings. The van der Waals surface area contributed by atoms with Crippen molar-refractivity contribution in [1.82, 2.24) is 9.80 Å². The number of Topliss-reactive ketones (excluding diaryl/α,β-unsaturated/α-hetero) is 1. The number of benzene rings is 3. The van der Waals surface area contributed by atoms with Crippen molar-refractivity contribution in [2.45, 2.75) is 38.5 Å². The number of aliphatic hydroxyl groups excluding tert-OH is 1. The Labute approximate surface area is 246 Å². The molecule has 0 aliphatic carbocycles. The number of aliphatic hydroxyl groups is 1. The minimum absolute atomic E-state index is 0.0491. The van der Waals surface area contributed by atoms with Crippen LogP contribution in [0.1, 0.15) is 41.6 Å². The van der Waals surface area contributed by atoms with E-state index in [4.69, 9.17) is 14.2 Å². The van der Waals surface area contributed by atoms with E-state index in [2.05, 4.69) is 4.90 Å². The van der Waals surface area contributed by atoms with Gasteiger partial charge in [-0.3, -0.25) is 14.5 Å². The number of nitrogens with zero attached hydrogens (tertiary/aromatic N) is 2. The summed E-state index contributed by atoms with van der Waals surface area (Å²) in [5.74, 6) is -0.0461. The van der Waals surface area contributed by atoms with Crippen molar-refractivity contribution < 1.29 is 28.9 Å². The molecule has 0 saturated carbocycles. The summed E-state index contributed by atoms with van der Waals surface area (Å²) < 4.78 is 17.4. The highest BCUT2D eigenvalue weighted by molar-refractivity contribution is 6.46. The van der Waals surface area contributed by atoms with Gasteiger partial charge < -0.3 is 24.2 Å². The topological polar surface area (TPSA) is 88.5 Å². The van der Waals surface area contributed by atoms with Gasteiger partial charge in [0, 0.05) is 38.2 Å². The first-order valence-corrected chi connectivity index (χ1v) is 14.6. The zero-order chi connectivity index (χ0) is 29.1. The molecule has 2 atom stereocenters. The van der Waals surface area contributed by atoms with E-state index in [1.54, 1.807) is 11.0 Å². The van der Waals surface area contributed by atoms with Gasteiger partial charge in [0.15, 0.2) is 0 Å². The fourth-order valence-electron chi connectivity index (χ4n) is 5.99. The van der Waals surface area contributed by atoms with Gasteiger partial charge in [0.1, 0.15) is 30.0 Å². The standard InChI is InChI=1S/C34H36N2O6/c1-23-19-27-20-26(11-12-29(27)42-23)32(37)30-31(25-9-5-10-28(21-25)41-22-24-7-3-2-4-8-24)36(34(39)33(30)38)14-6-13-35-15-17-40-18-16-35/h2-5,7-12,20-21,23,31,37H,6,13-19,22H2,1H3/t23-,31+/m1/s1. The summed E-state index contributed by atoms with van der Waals surface area (Å²) in [4.78, 5) is 31.0. The predicted octanol–water partition coefficient (Wildman–Crippen LogP) is 4.73. The summed E-state index contributed by atoms with van der Waals surface area (Å²) in [5, 5.41) is 11.6. The minimum atomic E-state index is -0.738. The van der Waals surface area contributed by atoms with Gasteiger partial charge in [-0.05, 0) is 60.4 Å². The largest absolute Gasteiger partial charge is 0.507 e. The van der Waals surface area contributed by atoms with Gasteiger partial charge in [0.05, 0.1) is 24.8 Å². The average molecular weight is 569 g/mol. The molecule has 8 heteroatoms. The molecule has 3 aliphatic rings. The molecule has 0 radical (unpaired) electrons. The highest BCUT2D eigenvalue weighted by Crippen LogP contribution is 2.41. The Kier molecular flexibility index (Phi) is 8.26. The third-order valence-corrected chi connectivity index (χ3v) is 8.11. The highest BCUT2D eigenvalue weighted by atomic mass is 16.5. The fourth-order valence-corrected chi connectivity index (χ4v) is 5.99. The van der Waals surface area contributed by atoms with Gasteiger partial charge in [0.2, 0.25) is 0 Å². The molecule has 1 N–H and O–H groups in total. The molecule has 3 aromatic rings. The molecule has 1 amide bonds. The van der Waals surface area contributed by atoms with Crippen LogP contribution in [0.2, 0.25) is 0 Å². The average Bonchev–Trinajstić information content (AvgIpc) is 3.52. The smallest absolute Gasteiger partial charge is 0.295 e. The van der Waals surface area contributed by atoms with Crippen LogP contribution in [0, 0.1) is 0 Å². The number of hydrogen-bond donors (Lipinski definition) is 1. The van der Waals surface area contributed by atoms with Crippen molar-refractivity contribution in [1.29, 1.82) is 0 Å². The van der Waals surface area contributed by atoms with Crippen molar-refractivity contribution in [2.75, 3.05) is 39.4 Å². The van der Waals surface area contributed by atoms with Crippen molar-refractivity contribution >= 4 is 17.4 Å². The Hall–Kier alpha value is -4.14. The molecule has 3 heterocycles. The molecule has 0 spiro atoms. The number of fused-ring (bicyclic) bond motifs is 1. The van der Waals surface area contributed by atoms with E-state index in [0.717, 1.165) is 42.9 Å². The Morgan fingerprint density at radius 1 is 0.976 bits per heavy atom. The summed E-state index contributed by atoms with van der Waals surface area (Å²) >= 11 is 0. The molecule has 218 valence electrons. The molecule has 2 saturated heterocycles. The third-order valence-electron chi connectivity index (χ3n) is 8.11. The summed E-state index contributed by atoms with van der Waals surface area (Å²) in [6.45, 7) is 6.66. The van der Waals surface area contributed by atoms with E-state index >= 15 is 0 Å². The van der Waals surface area contributed by atoms with Crippen molar-refractivity contribution in [3.05, 3.63) is 101 Å². The van der Waals surface area contributed by atoms with Crippen LogP contribution in [-0.2, 0) is 27.4 Å². The number of rotatable bonds is 9. The molecule has 0 bridgehead atoms. The van der Waals surface area contributed by atoms with E-state index in [1.165, 1.54) is 0 Å². The van der Waals surface area contributed by atoms with E-state index < -0.39 is 17.7 Å². The van der Waals surface area contributed by atoms with Crippen molar-refractivity contribution in [2.24, 2.45) is 0 Å². The van der Waals surface area contributed by atoms with E-state index in [9.17, 15) is 14.7 Å². The van der Waals surface area contributed by atoms with Gasteiger partial charge >= 0.3 is 0 Å². The molecule has 6 rings (SSSR count). The number of carbonyl (C=O) groups is 2. The highest BCUT2D eigenvalue weighted by Gasteiger charge is 2.46. The van der Waals surface area contributed by atoms with Crippen LogP contribution in [0.15, 0.2) is 78.4 Å². The quantitative estimate of drug-likeness (QED) is 0.227. The Bertz CT molecular complexity index is 1480. The number of morpholine rings is 1.